The van der Waals surface area contributed by atoms with Crippen molar-refractivity contribution in [2.75, 3.05) is 23.5 Å². The molecule has 2 aromatic heterocycles. The minimum atomic E-state index is -0.498. The zero-order valence-corrected chi connectivity index (χ0v) is 12.7. The van der Waals surface area contributed by atoms with Crippen molar-refractivity contribution in [1.29, 1.82) is 0 Å². The second kappa shape index (κ2) is 6.77. The van der Waals surface area contributed by atoms with Crippen LogP contribution in [0.4, 0.5) is 27.9 Å². The molecule has 0 spiro atoms. The van der Waals surface area contributed by atoms with Crippen LogP contribution in [0.25, 0.3) is 0 Å². The second-order valence-corrected chi connectivity index (χ2v) is 4.75. The number of hydrogen-bond acceptors (Lipinski definition) is 8. The molecule has 0 aliphatic heterocycles. The van der Waals surface area contributed by atoms with Crippen LogP contribution in [0, 0.1) is 5.82 Å². The molecule has 124 valence electrons. The molecule has 24 heavy (non-hydrogen) atoms. The van der Waals surface area contributed by atoms with Crippen molar-refractivity contribution in [2.24, 2.45) is 0 Å². The van der Waals surface area contributed by atoms with E-state index in [1.807, 2.05) is 0 Å². The SMILES string of the molecule is COc1ccc(Nc2nc(N)nc(NCc3cnc[nH]3)n2)cc1F. The van der Waals surface area contributed by atoms with E-state index in [9.17, 15) is 4.39 Å². The van der Waals surface area contributed by atoms with Crippen molar-refractivity contribution in [1.82, 2.24) is 24.9 Å². The van der Waals surface area contributed by atoms with Crippen molar-refractivity contribution in [3.8, 4) is 5.75 Å². The third-order valence-corrected chi connectivity index (χ3v) is 3.05. The van der Waals surface area contributed by atoms with E-state index in [0.29, 0.717) is 12.2 Å². The lowest BCUT2D eigenvalue weighted by Gasteiger charge is -2.09. The van der Waals surface area contributed by atoms with Gasteiger partial charge in [-0.3, -0.25) is 0 Å². The molecule has 0 bridgehead atoms. The number of imidazole rings is 1. The number of rotatable bonds is 6. The summed E-state index contributed by atoms with van der Waals surface area (Å²) in [5.41, 5.74) is 7.00. The Labute approximate surface area is 136 Å². The van der Waals surface area contributed by atoms with E-state index in [0.717, 1.165) is 5.69 Å². The summed E-state index contributed by atoms with van der Waals surface area (Å²) in [7, 11) is 1.40. The van der Waals surface area contributed by atoms with Crippen LogP contribution in [0.3, 0.4) is 0 Å². The summed E-state index contributed by atoms with van der Waals surface area (Å²) in [6, 6.07) is 4.41. The molecule has 3 aromatic rings. The first-order valence-corrected chi connectivity index (χ1v) is 6.97. The van der Waals surface area contributed by atoms with Gasteiger partial charge in [0.15, 0.2) is 11.6 Å². The molecule has 0 saturated heterocycles. The van der Waals surface area contributed by atoms with Gasteiger partial charge in [-0.2, -0.15) is 15.0 Å². The van der Waals surface area contributed by atoms with Crippen LogP contribution in [0.2, 0.25) is 0 Å². The number of aromatic amines is 1. The predicted molar refractivity (Wildman–Crippen MR) is 86.4 cm³/mol. The normalized spacial score (nSPS) is 10.4. The van der Waals surface area contributed by atoms with Gasteiger partial charge in [0.1, 0.15) is 0 Å². The highest BCUT2D eigenvalue weighted by Gasteiger charge is 2.08. The van der Waals surface area contributed by atoms with E-state index < -0.39 is 5.82 Å². The molecule has 0 radical (unpaired) electrons. The molecule has 9 nitrogen and oxygen atoms in total. The van der Waals surface area contributed by atoms with Crippen molar-refractivity contribution in [3.05, 3.63) is 42.2 Å². The summed E-state index contributed by atoms with van der Waals surface area (Å²) in [6.45, 7) is 0.445. The minimum absolute atomic E-state index is 0.0357. The standard InChI is InChI=1S/C14H15FN8O/c1-24-11-3-2-8(4-10(11)15)20-14-22-12(16)21-13(23-14)18-6-9-5-17-7-19-9/h2-5,7H,6H2,1H3,(H,17,19)(H4,16,18,20,21,22,23). The van der Waals surface area contributed by atoms with Crippen molar-refractivity contribution in [2.45, 2.75) is 6.54 Å². The molecular weight excluding hydrogens is 315 g/mol. The molecule has 0 atom stereocenters. The topological polar surface area (TPSA) is 127 Å². The van der Waals surface area contributed by atoms with Gasteiger partial charge in [0.2, 0.25) is 17.8 Å². The molecule has 1 aromatic carbocycles. The zero-order chi connectivity index (χ0) is 16.9. The highest BCUT2D eigenvalue weighted by atomic mass is 19.1. The quantitative estimate of drug-likeness (QED) is 0.538. The van der Waals surface area contributed by atoms with E-state index >= 15 is 0 Å². The Morgan fingerprint density at radius 3 is 2.79 bits per heavy atom. The Morgan fingerprint density at radius 2 is 2.08 bits per heavy atom. The average Bonchev–Trinajstić information content (AvgIpc) is 3.06. The number of methoxy groups -OCH3 is 1. The molecule has 3 rings (SSSR count). The maximum atomic E-state index is 13.7. The number of hydrogen-bond donors (Lipinski definition) is 4. The van der Waals surface area contributed by atoms with E-state index in [2.05, 4.69) is 35.6 Å². The van der Waals surface area contributed by atoms with Crippen molar-refractivity contribution in [3.63, 3.8) is 0 Å². The molecule has 5 N–H and O–H groups in total. The summed E-state index contributed by atoms with van der Waals surface area (Å²) in [5.74, 6) is 0.168. The predicted octanol–water partition coefficient (Wildman–Crippen LogP) is 1.68. The van der Waals surface area contributed by atoms with Gasteiger partial charge in [-0.1, -0.05) is 0 Å². The number of anilines is 4. The second-order valence-electron chi connectivity index (χ2n) is 4.75. The van der Waals surface area contributed by atoms with Gasteiger partial charge in [0.05, 0.1) is 25.7 Å². The number of nitrogens with two attached hydrogens (primary N) is 1. The van der Waals surface area contributed by atoms with Crippen LogP contribution >= 0.6 is 0 Å². The largest absolute Gasteiger partial charge is 0.494 e. The van der Waals surface area contributed by atoms with Gasteiger partial charge in [0.25, 0.3) is 0 Å². The van der Waals surface area contributed by atoms with Crippen LogP contribution in [-0.4, -0.2) is 32.0 Å². The lowest BCUT2D eigenvalue weighted by Crippen LogP contribution is -2.09. The van der Waals surface area contributed by atoms with Gasteiger partial charge in [-0.05, 0) is 12.1 Å². The Hall–Kier alpha value is -3.43. The smallest absolute Gasteiger partial charge is 0.233 e. The Bertz CT molecular complexity index is 824. The molecule has 0 amide bonds. The Balaban J connectivity index is 1.74. The average molecular weight is 330 g/mol. The van der Waals surface area contributed by atoms with Gasteiger partial charge >= 0.3 is 0 Å². The fourth-order valence-electron chi connectivity index (χ4n) is 1.96. The third kappa shape index (κ3) is 3.66. The summed E-state index contributed by atoms with van der Waals surface area (Å²) in [4.78, 5) is 19.0. The number of aromatic nitrogens is 5. The van der Waals surface area contributed by atoms with Gasteiger partial charge in [-0.15, -0.1) is 0 Å². The molecular formula is C14H15FN8O. The fraction of sp³-hybridized carbons (Fsp3) is 0.143. The summed E-state index contributed by atoms with van der Waals surface area (Å²) < 4.78 is 18.6. The molecule has 0 aliphatic rings. The van der Waals surface area contributed by atoms with E-state index in [-0.39, 0.29) is 23.6 Å². The first-order valence-electron chi connectivity index (χ1n) is 6.97. The van der Waals surface area contributed by atoms with Crippen LogP contribution < -0.4 is 21.1 Å². The fourth-order valence-corrected chi connectivity index (χ4v) is 1.96. The zero-order valence-electron chi connectivity index (χ0n) is 12.7. The molecule has 2 heterocycles. The molecule has 0 fully saturated rings. The van der Waals surface area contributed by atoms with E-state index in [1.165, 1.54) is 19.2 Å². The van der Waals surface area contributed by atoms with Crippen molar-refractivity contribution >= 4 is 23.5 Å². The Kier molecular flexibility index (Phi) is 4.36. The number of H-pyrrole nitrogens is 1. The molecule has 0 unspecified atom stereocenters. The highest BCUT2D eigenvalue weighted by Crippen LogP contribution is 2.22. The van der Waals surface area contributed by atoms with Crippen molar-refractivity contribution < 1.29 is 9.13 Å². The van der Waals surface area contributed by atoms with E-state index in [4.69, 9.17) is 10.5 Å². The number of halogens is 1. The Morgan fingerprint density at radius 1 is 1.25 bits per heavy atom. The van der Waals surface area contributed by atoms with Gasteiger partial charge < -0.3 is 26.1 Å². The number of nitrogens with zero attached hydrogens (tertiary/aromatic N) is 4. The summed E-state index contributed by atoms with van der Waals surface area (Å²) >= 11 is 0. The van der Waals surface area contributed by atoms with Gasteiger partial charge in [-0.25, -0.2) is 9.37 Å². The summed E-state index contributed by atoms with van der Waals surface area (Å²) in [5, 5.41) is 5.87. The molecule has 0 aliphatic carbocycles. The first-order chi connectivity index (χ1) is 11.6. The molecule has 10 heteroatoms. The maximum Gasteiger partial charge on any atom is 0.233 e. The summed E-state index contributed by atoms with van der Waals surface area (Å²) in [6.07, 6.45) is 3.25. The number of ether oxygens (including phenoxy) is 1. The molecule has 0 saturated carbocycles. The maximum absolute atomic E-state index is 13.7. The van der Waals surface area contributed by atoms with Gasteiger partial charge in [0, 0.05) is 18.0 Å². The lowest BCUT2D eigenvalue weighted by molar-refractivity contribution is 0.386. The van der Waals surface area contributed by atoms with Crippen LogP contribution in [0.15, 0.2) is 30.7 Å². The van der Waals surface area contributed by atoms with Crippen LogP contribution in [0.5, 0.6) is 5.75 Å². The van der Waals surface area contributed by atoms with Crippen LogP contribution in [0.1, 0.15) is 5.69 Å². The first kappa shape index (κ1) is 15.5. The lowest BCUT2D eigenvalue weighted by atomic mass is 10.3. The monoisotopic (exact) mass is 330 g/mol. The van der Waals surface area contributed by atoms with E-state index in [1.54, 1.807) is 18.6 Å². The number of nitrogen functional groups attached to an aromatic ring is 1. The van der Waals surface area contributed by atoms with Crippen LogP contribution in [-0.2, 0) is 6.54 Å². The highest BCUT2D eigenvalue weighted by molar-refractivity contribution is 5.56. The third-order valence-electron chi connectivity index (χ3n) is 3.05. The minimum Gasteiger partial charge on any atom is -0.494 e. The number of benzene rings is 1. The number of nitrogens with one attached hydrogen (secondary N) is 3.